The Balaban J connectivity index is 1.92. The first-order valence-electron chi connectivity index (χ1n) is 7.73. The number of benzene rings is 2. The summed E-state index contributed by atoms with van der Waals surface area (Å²) in [7, 11) is 1.60. The first-order chi connectivity index (χ1) is 11.7. The minimum atomic E-state index is -0.175. The van der Waals surface area contributed by atoms with Crippen LogP contribution in [0.1, 0.15) is 17.3 Å². The predicted octanol–water partition coefficient (Wildman–Crippen LogP) is 3.77. The highest BCUT2D eigenvalue weighted by molar-refractivity contribution is 5.99. The van der Waals surface area contributed by atoms with Crippen LogP contribution in [0.25, 0.3) is 22.8 Å². The highest BCUT2D eigenvalue weighted by atomic mass is 16.5. The molecule has 0 bridgehead atoms. The molecule has 0 radical (unpaired) electrons. The highest BCUT2D eigenvalue weighted by Gasteiger charge is 2.15. The van der Waals surface area contributed by atoms with Gasteiger partial charge >= 0.3 is 0 Å². The summed E-state index contributed by atoms with van der Waals surface area (Å²) in [6.07, 6.45) is 1.66. The Bertz CT molecular complexity index is 838. The number of carbonyl (C=O) groups excluding carboxylic acids is 1. The SMILES string of the molecule is CCOc1ccc(-c2cnc(-c3ccccc3C(=O)NC)o2)cc1. The Morgan fingerprint density at radius 3 is 2.62 bits per heavy atom. The molecule has 0 aliphatic rings. The molecule has 1 heterocycles. The summed E-state index contributed by atoms with van der Waals surface area (Å²) in [5, 5.41) is 2.63. The van der Waals surface area contributed by atoms with Gasteiger partial charge in [0.15, 0.2) is 5.76 Å². The smallest absolute Gasteiger partial charge is 0.251 e. The van der Waals surface area contributed by atoms with Crippen LogP contribution in [0, 0.1) is 0 Å². The van der Waals surface area contributed by atoms with E-state index in [9.17, 15) is 4.79 Å². The molecule has 0 aliphatic carbocycles. The molecule has 1 amide bonds. The van der Waals surface area contributed by atoms with E-state index in [0.29, 0.717) is 29.4 Å². The molecule has 5 nitrogen and oxygen atoms in total. The van der Waals surface area contributed by atoms with Crippen molar-refractivity contribution in [3.63, 3.8) is 0 Å². The molecule has 0 aliphatic heterocycles. The maximum absolute atomic E-state index is 12.0. The highest BCUT2D eigenvalue weighted by Crippen LogP contribution is 2.29. The summed E-state index contributed by atoms with van der Waals surface area (Å²) >= 11 is 0. The largest absolute Gasteiger partial charge is 0.494 e. The number of aromatic nitrogens is 1. The number of ether oxygens (including phenoxy) is 1. The fourth-order valence-electron chi connectivity index (χ4n) is 2.42. The fraction of sp³-hybridized carbons (Fsp3) is 0.158. The van der Waals surface area contributed by atoms with Crippen LogP contribution in [-0.2, 0) is 0 Å². The zero-order chi connectivity index (χ0) is 16.9. The van der Waals surface area contributed by atoms with Gasteiger partial charge in [0.05, 0.1) is 18.4 Å². The number of amides is 1. The Kier molecular flexibility index (Phi) is 4.61. The standard InChI is InChI=1S/C19H18N2O3/c1-3-23-14-10-8-13(9-11-14)17-12-21-19(24-17)16-7-5-4-6-15(16)18(22)20-2/h4-12H,3H2,1-2H3,(H,20,22). The van der Waals surface area contributed by atoms with E-state index in [-0.39, 0.29) is 5.91 Å². The summed E-state index contributed by atoms with van der Waals surface area (Å²) in [5.74, 6) is 1.69. The monoisotopic (exact) mass is 322 g/mol. The van der Waals surface area contributed by atoms with E-state index in [4.69, 9.17) is 9.15 Å². The second kappa shape index (κ2) is 7.00. The van der Waals surface area contributed by atoms with Crippen LogP contribution >= 0.6 is 0 Å². The van der Waals surface area contributed by atoms with Crippen molar-refractivity contribution in [1.82, 2.24) is 10.3 Å². The molecule has 0 saturated carbocycles. The number of nitrogens with zero attached hydrogens (tertiary/aromatic N) is 1. The molecular weight excluding hydrogens is 304 g/mol. The van der Waals surface area contributed by atoms with E-state index in [0.717, 1.165) is 11.3 Å². The average Bonchev–Trinajstić information content (AvgIpc) is 3.12. The van der Waals surface area contributed by atoms with E-state index in [1.165, 1.54) is 0 Å². The third-order valence-electron chi connectivity index (χ3n) is 3.58. The van der Waals surface area contributed by atoms with Crippen molar-refractivity contribution in [1.29, 1.82) is 0 Å². The van der Waals surface area contributed by atoms with Crippen LogP contribution < -0.4 is 10.1 Å². The molecule has 122 valence electrons. The van der Waals surface area contributed by atoms with Crippen molar-refractivity contribution in [2.24, 2.45) is 0 Å². The third-order valence-corrected chi connectivity index (χ3v) is 3.58. The Morgan fingerprint density at radius 1 is 1.17 bits per heavy atom. The molecule has 0 spiro atoms. The molecule has 3 aromatic rings. The molecule has 0 atom stereocenters. The van der Waals surface area contributed by atoms with Crippen LogP contribution in [0.3, 0.4) is 0 Å². The quantitative estimate of drug-likeness (QED) is 0.776. The van der Waals surface area contributed by atoms with Crippen molar-refractivity contribution in [3.8, 4) is 28.5 Å². The molecule has 5 heteroatoms. The Morgan fingerprint density at radius 2 is 1.92 bits per heavy atom. The van der Waals surface area contributed by atoms with Crippen molar-refractivity contribution in [3.05, 3.63) is 60.3 Å². The molecule has 3 rings (SSSR count). The van der Waals surface area contributed by atoms with Crippen LogP contribution in [0.2, 0.25) is 0 Å². The van der Waals surface area contributed by atoms with Gasteiger partial charge in [-0.15, -0.1) is 0 Å². The van der Waals surface area contributed by atoms with Crippen molar-refractivity contribution in [2.45, 2.75) is 6.92 Å². The number of rotatable bonds is 5. The van der Waals surface area contributed by atoms with E-state index < -0.39 is 0 Å². The predicted molar refractivity (Wildman–Crippen MR) is 91.9 cm³/mol. The lowest BCUT2D eigenvalue weighted by molar-refractivity contribution is 0.0963. The van der Waals surface area contributed by atoms with Gasteiger partial charge in [-0.25, -0.2) is 4.98 Å². The van der Waals surface area contributed by atoms with Gasteiger partial charge in [0.25, 0.3) is 5.91 Å². The maximum atomic E-state index is 12.0. The molecule has 0 saturated heterocycles. The average molecular weight is 322 g/mol. The number of hydrogen-bond acceptors (Lipinski definition) is 4. The van der Waals surface area contributed by atoms with E-state index >= 15 is 0 Å². The number of hydrogen-bond donors (Lipinski definition) is 1. The molecule has 1 aromatic heterocycles. The first kappa shape index (κ1) is 15.8. The molecule has 0 fully saturated rings. The lowest BCUT2D eigenvalue weighted by Gasteiger charge is -2.05. The lowest BCUT2D eigenvalue weighted by Crippen LogP contribution is -2.18. The van der Waals surface area contributed by atoms with Crippen molar-refractivity contribution in [2.75, 3.05) is 13.7 Å². The summed E-state index contributed by atoms with van der Waals surface area (Å²) in [6.45, 7) is 2.57. The molecule has 0 unspecified atom stereocenters. The number of nitrogens with one attached hydrogen (secondary N) is 1. The van der Waals surface area contributed by atoms with Gasteiger partial charge < -0.3 is 14.5 Å². The molecule has 24 heavy (non-hydrogen) atoms. The van der Waals surface area contributed by atoms with E-state index in [2.05, 4.69) is 10.3 Å². The van der Waals surface area contributed by atoms with Crippen LogP contribution in [-0.4, -0.2) is 24.5 Å². The minimum absolute atomic E-state index is 0.175. The van der Waals surface area contributed by atoms with Crippen LogP contribution in [0.4, 0.5) is 0 Å². The Labute approximate surface area is 140 Å². The third kappa shape index (κ3) is 3.15. The fourth-order valence-corrected chi connectivity index (χ4v) is 2.42. The maximum Gasteiger partial charge on any atom is 0.251 e. The normalized spacial score (nSPS) is 10.4. The van der Waals surface area contributed by atoms with Gasteiger partial charge in [-0.1, -0.05) is 12.1 Å². The van der Waals surface area contributed by atoms with Gasteiger partial charge in [0.1, 0.15) is 5.75 Å². The van der Waals surface area contributed by atoms with Gasteiger partial charge in [-0.2, -0.15) is 0 Å². The second-order valence-electron chi connectivity index (χ2n) is 5.11. The van der Waals surface area contributed by atoms with Crippen molar-refractivity contribution >= 4 is 5.91 Å². The van der Waals surface area contributed by atoms with Crippen LogP contribution in [0.5, 0.6) is 5.75 Å². The van der Waals surface area contributed by atoms with E-state index in [1.807, 2.05) is 49.4 Å². The first-order valence-corrected chi connectivity index (χ1v) is 7.73. The zero-order valence-electron chi connectivity index (χ0n) is 13.6. The molecule has 1 N–H and O–H groups in total. The molecular formula is C19H18N2O3. The van der Waals surface area contributed by atoms with E-state index in [1.54, 1.807) is 19.3 Å². The Hall–Kier alpha value is -3.08. The van der Waals surface area contributed by atoms with Gasteiger partial charge in [-0.3, -0.25) is 4.79 Å². The van der Waals surface area contributed by atoms with Crippen molar-refractivity contribution < 1.29 is 13.9 Å². The number of oxazole rings is 1. The molecule has 2 aromatic carbocycles. The summed E-state index contributed by atoms with van der Waals surface area (Å²) in [6, 6.07) is 14.8. The topological polar surface area (TPSA) is 64.4 Å². The number of carbonyl (C=O) groups is 1. The lowest BCUT2D eigenvalue weighted by atomic mass is 10.1. The van der Waals surface area contributed by atoms with Gasteiger partial charge in [0.2, 0.25) is 5.89 Å². The summed E-state index contributed by atoms with van der Waals surface area (Å²) in [4.78, 5) is 16.3. The summed E-state index contributed by atoms with van der Waals surface area (Å²) < 4.78 is 11.3. The van der Waals surface area contributed by atoms with Gasteiger partial charge in [-0.05, 0) is 43.3 Å². The van der Waals surface area contributed by atoms with Crippen LogP contribution in [0.15, 0.2) is 59.1 Å². The second-order valence-corrected chi connectivity index (χ2v) is 5.11. The minimum Gasteiger partial charge on any atom is -0.494 e. The summed E-state index contributed by atoms with van der Waals surface area (Å²) in [5.41, 5.74) is 2.09. The zero-order valence-corrected chi connectivity index (χ0v) is 13.6. The van der Waals surface area contributed by atoms with Gasteiger partial charge in [0, 0.05) is 18.2 Å².